The normalized spacial score (nSPS) is 10.8. The Hall–Kier alpha value is -1.51. The third kappa shape index (κ3) is 6.85. The quantitative estimate of drug-likeness (QED) is 0.835. The van der Waals surface area contributed by atoms with Crippen LogP contribution >= 0.6 is 11.8 Å². The summed E-state index contributed by atoms with van der Waals surface area (Å²) >= 11 is 1.52. The molecule has 0 aliphatic carbocycles. The van der Waals surface area contributed by atoms with Gasteiger partial charge in [-0.1, -0.05) is 12.1 Å². The van der Waals surface area contributed by atoms with Crippen molar-refractivity contribution in [2.75, 3.05) is 16.8 Å². The first-order chi connectivity index (χ1) is 8.90. The van der Waals surface area contributed by atoms with Crippen LogP contribution in [-0.2, 0) is 11.2 Å². The van der Waals surface area contributed by atoms with Crippen molar-refractivity contribution in [1.29, 1.82) is 5.26 Å². The molecular formula is C14H19N3OS. The molecule has 0 heterocycles. The van der Waals surface area contributed by atoms with E-state index in [1.165, 1.54) is 11.8 Å². The number of nitriles is 1. The number of carbonyl (C=O) groups is 1. The molecule has 19 heavy (non-hydrogen) atoms. The number of anilines is 1. The van der Waals surface area contributed by atoms with Crippen molar-refractivity contribution in [3.8, 4) is 6.07 Å². The summed E-state index contributed by atoms with van der Waals surface area (Å²) in [5, 5.41) is 11.4. The number of nitrogens with one attached hydrogen (secondary N) is 1. The highest BCUT2D eigenvalue weighted by Crippen LogP contribution is 2.12. The van der Waals surface area contributed by atoms with E-state index in [2.05, 4.69) is 11.4 Å². The molecule has 4 nitrogen and oxygen atoms in total. The Bertz CT molecular complexity index is 457. The second kappa shape index (κ2) is 7.17. The molecule has 1 rings (SSSR count). The van der Waals surface area contributed by atoms with E-state index in [1.54, 1.807) is 0 Å². The van der Waals surface area contributed by atoms with E-state index in [0.717, 1.165) is 17.0 Å². The van der Waals surface area contributed by atoms with Gasteiger partial charge in [0.05, 0.1) is 18.2 Å². The molecule has 0 aromatic heterocycles. The van der Waals surface area contributed by atoms with E-state index in [-0.39, 0.29) is 11.4 Å². The smallest absolute Gasteiger partial charge is 0.234 e. The predicted molar refractivity (Wildman–Crippen MR) is 80.0 cm³/mol. The van der Waals surface area contributed by atoms with E-state index in [0.29, 0.717) is 12.2 Å². The van der Waals surface area contributed by atoms with Gasteiger partial charge < -0.3 is 11.1 Å². The number of nitrogens with zero attached hydrogens (tertiary/aromatic N) is 1. The van der Waals surface area contributed by atoms with Crippen LogP contribution in [0.2, 0.25) is 0 Å². The van der Waals surface area contributed by atoms with Gasteiger partial charge in [0.15, 0.2) is 0 Å². The molecule has 0 unspecified atom stereocenters. The molecule has 0 aliphatic heterocycles. The van der Waals surface area contributed by atoms with Crippen LogP contribution in [-0.4, -0.2) is 23.0 Å². The number of hydrogen-bond acceptors (Lipinski definition) is 4. The van der Waals surface area contributed by atoms with Crippen molar-refractivity contribution < 1.29 is 4.79 Å². The van der Waals surface area contributed by atoms with Gasteiger partial charge in [0, 0.05) is 17.0 Å². The Kier molecular flexibility index (Phi) is 5.87. The van der Waals surface area contributed by atoms with Crippen LogP contribution in [0.25, 0.3) is 0 Å². The first kappa shape index (κ1) is 15.5. The number of benzene rings is 1. The van der Waals surface area contributed by atoms with Crippen molar-refractivity contribution in [3.63, 3.8) is 0 Å². The molecule has 1 aromatic rings. The molecule has 1 aromatic carbocycles. The summed E-state index contributed by atoms with van der Waals surface area (Å²) in [6.07, 6.45) is 0.385. The molecule has 0 aliphatic rings. The summed E-state index contributed by atoms with van der Waals surface area (Å²) in [6.45, 7) is 3.87. The summed E-state index contributed by atoms with van der Waals surface area (Å²) in [4.78, 5) is 11.7. The largest absolute Gasteiger partial charge is 0.325 e. The lowest BCUT2D eigenvalue weighted by molar-refractivity contribution is -0.113. The Labute approximate surface area is 118 Å². The van der Waals surface area contributed by atoms with Crippen LogP contribution < -0.4 is 11.1 Å². The zero-order valence-corrected chi connectivity index (χ0v) is 12.1. The Balaban J connectivity index is 2.38. The second-order valence-corrected chi connectivity index (χ2v) is 6.05. The van der Waals surface area contributed by atoms with Crippen LogP contribution in [0.4, 0.5) is 5.69 Å². The standard InChI is InChI=1S/C14H19N3OS/c1-14(2,16)10-19-9-13(18)17-12-5-3-11(4-6-12)7-8-15/h3-6H,7,9-10,16H2,1-2H3,(H,17,18). The average Bonchev–Trinajstić information content (AvgIpc) is 2.30. The summed E-state index contributed by atoms with van der Waals surface area (Å²) in [6, 6.07) is 9.38. The zero-order valence-electron chi connectivity index (χ0n) is 11.3. The van der Waals surface area contributed by atoms with Gasteiger partial charge in [0.1, 0.15) is 0 Å². The molecule has 1 amide bonds. The van der Waals surface area contributed by atoms with Crippen LogP contribution in [0.5, 0.6) is 0 Å². The second-order valence-electron chi connectivity index (χ2n) is 5.06. The maximum atomic E-state index is 11.7. The molecule has 0 saturated heterocycles. The topological polar surface area (TPSA) is 78.9 Å². The van der Waals surface area contributed by atoms with E-state index >= 15 is 0 Å². The minimum absolute atomic E-state index is 0.0396. The minimum Gasteiger partial charge on any atom is -0.325 e. The number of amides is 1. The summed E-state index contributed by atoms with van der Waals surface area (Å²) in [5.74, 6) is 1.09. The average molecular weight is 277 g/mol. The maximum Gasteiger partial charge on any atom is 0.234 e. The lowest BCUT2D eigenvalue weighted by Crippen LogP contribution is -2.35. The predicted octanol–water partition coefficient (Wildman–Crippen LogP) is 2.16. The van der Waals surface area contributed by atoms with E-state index < -0.39 is 0 Å². The van der Waals surface area contributed by atoms with Gasteiger partial charge in [0.2, 0.25) is 5.91 Å². The lowest BCUT2D eigenvalue weighted by Gasteiger charge is -2.17. The third-order valence-corrected chi connectivity index (χ3v) is 3.64. The van der Waals surface area contributed by atoms with Gasteiger partial charge >= 0.3 is 0 Å². The molecule has 3 N–H and O–H groups in total. The van der Waals surface area contributed by atoms with Gasteiger partial charge in [-0.15, -0.1) is 0 Å². The number of hydrogen-bond donors (Lipinski definition) is 2. The van der Waals surface area contributed by atoms with E-state index in [1.807, 2.05) is 38.1 Å². The Morgan fingerprint density at radius 3 is 2.58 bits per heavy atom. The van der Waals surface area contributed by atoms with Crippen molar-refractivity contribution >= 4 is 23.4 Å². The molecule has 0 atom stereocenters. The molecule has 0 radical (unpaired) electrons. The van der Waals surface area contributed by atoms with Gasteiger partial charge in [-0.2, -0.15) is 17.0 Å². The number of carbonyl (C=O) groups excluding carboxylic acids is 1. The van der Waals surface area contributed by atoms with Gasteiger partial charge in [-0.3, -0.25) is 4.79 Å². The highest BCUT2D eigenvalue weighted by atomic mass is 32.2. The molecule has 5 heteroatoms. The highest BCUT2D eigenvalue weighted by molar-refractivity contribution is 8.00. The lowest BCUT2D eigenvalue weighted by atomic mass is 10.1. The molecule has 0 bridgehead atoms. The number of nitrogens with two attached hydrogens (primary N) is 1. The first-order valence-corrected chi connectivity index (χ1v) is 7.18. The fourth-order valence-electron chi connectivity index (χ4n) is 1.40. The van der Waals surface area contributed by atoms with Gasteiger partial charge in [0.25, 0.3) is 0 Å². The highest BCUT2D eigenvalue weighted by Gasteiger charge is 2.11. The third-order valence-electron chi connectivity index (χ3n) is 2.23. The van der Waals surface area contributed by atoms with Crippen molar-refractivity contribution in [2.45, 2.75) is 25.8 Å². The van der Waals surface area contributed by atoms with Gasteiger partial charge in [-0.25, -0.2) is 0 Å². The molecule has 0 saturated carbocycles. The summed E-state index contributed by atoms with van der Waals surface area (Å²) in [5.41, 5.74) is 7.27. The molecule has 0 fully saturated rings. The minimum atomic E-state index is -0.260. The zero-order chi connectivity index (χ0) is 14.3. The fraction of sp³-hybridized carbons (Fsp3) is 0.429. The van der Waals surface area contributed by atoms with Crippen molar-refractivity contribution in [2.24, 2.45) is 5.73 Å². The van der Waals surface area contributed by atoms with E-state index in [4.69, 9.17) is 11.0 Å². The first-order valence-electron chi connectivity index (χ1n) is 6.03. The van der Waals surface area contributed by atoms with Crippen LogP contribution in [0.1, 0.15) is 19.4 Å². The Morgan fingerprint density at radius 1 is 1.42 bits per heavy atom. The van der Waals surface area contributed by atoms with Crippen LogP contribution in [0.3, 0.4) is 0 Å². The molecule has 0 spiro atoms. The van der Waals surface area contributed by atoms with Crippen LogP contribution in [0.15, 0.2) is 24.3 Å². The number of rotatable bonds is 6. The van der Waals surface area contributed by atoms with Crippen LogP contribution in [0, 0.1) is 11.3 Å². The van der Waals surface area contributed by atoms with Gasteiger partial charge in [-0.05, 0) is 31.5 Å². The van der Waals surface area contributed by atoms with E-state index in [9.17, 15) is 4.79 Å². The summed E-state index contributed by atoms with van der Waals surface area (Å²) < 4.78 is 0. The maximum absolute atomic E-state index is 11.7. The monoisotopic (exact) mass is 277 g/mol. The van der Waals surface area contributed by atoms with Crippen molar-refractivity contribution in [3.05, 3.63) is 29.8 Å². The Morgan fingerprint density at radius 2 is 2.05 bits per heavy atom. The molecular weight excluding hydrogens is 258 g/mol. The SMILES string of the molecule is CC(C)(N)CSCC(=O)Nc1ccc(CC#N)cc1. The molecule has 102 valence electrons. The number of thioether (sulfide) groups is 1. The summed E-state index contributed by atoms with van der Waals surface area (Å²) in [7, 11) is 0. The fourth-order valence-corrected chi connectivity index (χ4v) is 2.29. The van der Waals surface area contributed by atoms with Crippen molar-refractivity contribution in [1.82, 2.24) is 0 Å².